The van der Waals surface area contributed by atoms with Gasteiger partial charge < -0.3 is 21.5 Å². The fraction of sp³-hybridized carbons (Fsp3) is 0.267. The van der Waals surface area contributed by atoms with Crippen LogP contribution in [-0.2, 0) is 11.2 Å². The third-order valence-electron chi connectivity index (χ3n) is 7.71. The van der Waals surface area contributed by atoms with Gasteiger partial charge in [0.25, 0.3) is 11.8 Å². The number of hydrogen-bond acceptors (Lipinski definition) is 5. The molecule has 0 bridgehead atoms. The molecule has 2 aliphatic carbocycles. The van der Waals surface area contributed by atoms with Crippen LogP contribution in [0.4, 0.5) is 26.3 Å². The fourth-order valence-corrected chi connectivity index (χ4v) is 5.67. The van der Waals surface area contributed by atoms with E-state index in [1.165, 1.54) is 24.4 Å². The molecule has 0 saturated heterocycles. The van der Waals surface area contributed by atoms with Crippen LogP contribution in [0, 0.1) is 34.7 Å². The number of pyridine rings is 1. The van der Waals surface area contributed by atoms with Crippen LogP contribution in [0.25, 0.3) is 11.1 Å². The van der Waals surface area contributed by atoms with Gasteiger partial charge >= 0.3 is 6.18 Å². The Hall–Kier alpha value is -4.56. The molecule has 3 aromatic rings. The summed E-state index contributed by atoms with van der Waals surface area (Å²) in [4.78, 5) is 29.3. The van der Waals surface area contributed by atoms with E-state index in [4.69, 9.17) is 11.1 Å². The highest BCUT2D eigenvalue weighted by Gasteiger charge is 2.59. The number of allylic oxidation sites excluding steroid dienone is 1. The molecule has 0 radical (unpaired) electrons. The van der Waals surface area contributed by atoms with Gasteiger partial charge in [0.15, 0.2) is 6.54 Å². The molecule has 1 aromatic heterocycles. The molecule has 1 saturated carbocycles. The van der Waals surface area contributed by atoms with E-state index in [-0.39, 0.29) is 28.9 Å². The first-order valence-electron chi connectivity index (χ1n) is 13.4. The zero-order valence-corrected chi connectivity index (χ0v) is 22.8. The second kappa shape index (κ2) is 11.8. The van der Waals surface area contributed by atoms with Crippen molar-refractivity contribution in [3.8, 4) is 11.1 Å². The van der Waals surface area contributed by atoms with Gasteiger partial charge in [0.2, 0.25) is 0 Å². The Labute approximate surface area is 246 Å². The fourth-order valence-electron chi connectivity index (χ4n) is 5.67. The summed E-state index contributed by atoms with van der Waals surface area (Å²) in [6.07, 6.45) is -4.67. The van der Waals surface area contributed by atoms with E-state index >= 15 is 0 Å². The van der Waals surface area contributed by atoms with Gasteiger partial charge in [-0.25, -0.2) is 13.2 Å². The summed E-state index contributed by atoms with van der Waals surface area (Å²) in [6.45, 7) is -0.487. The maximum Gasteiger partial charge on any atom is 0.433 e. The van der Waals surface area contributed by atoms with Crippen molar-refractivity contribution in [3.05, 3.63) is 100 Å². The average Bonchev–Trinajstić information content (AvgIpc) is 3.68. The summed E-state index contributed by atoms with van der Waals surface area (Å²) in [7, 11) is 0. The Balaban J connectivity index is 1.46. The second-order valence-electron chi connectivity index (χ2n) is 10.7. The largest absolute Gasteiger partial charge is 0.433 e. The molecule has 2 amide bonds. The average molecular weight is 619 g/mol. The number of benzene rings is 2. The molecule has 2 aromatic carbocycles. The number of nitrogens with two attached hydrogens (primary N) is 2. The standard InChI is InChI=1S/C30H25F6N5O3/c31-15-6-13(7-16(32)10-15)8-22(25-17(2-1-5-39-25)14-3-4-21(33)20(9-14)29(38)44)41-23(42)12-40-26-24(28(37)30(34,35)36)18-11-19(18)27(26)43/h1-7,9-10,18-19,22,27,37,40,43H,8,11-12H2,(H2,38,44)(H,41,42)/p+1. The summed E-state index contributed by atoms with van der Waals surface area (Å²) in [6, 6.07) is 8.40. The molecule has 44 heavy (non-hydrogen) atoms. The number of aliphatic hydroxyl groups is 1. The molecule has 14 heteroatoms. The monoisotopic (exact) mass is 618 g/mol. The number of alkyl halides is 3. The van der Waals surface area contributed by atoms with Crippen molar-refractivity contribution in [2.45, 2.75) is 31.2 Å². The summed E-state index contributed by atoms with van der Waals surface area (Å²) in [5.74, 6) is -5.41. The lowest BCUT2D eigenvalue weighted by molar-refractivity contribution is -0.602. The number of hydrogen-bond donors (Lipinski definition) is 5. The van der Waals surface area contributed by atoms with Gasteiger partial charge in [-0.2, -0.15) is 13.2 Å². The van der Waals surface area contributed by atoms with Crippen LogP contribution < -0.4 is 16.4 Å². The minimum Gasteiger partial charge on any atom is -0.382 e. The molecule has 7 N–H and O–H groups in total. The third kappa shape index (κ3) is 6.36. The molecule has 4 unspecified atom stereocenters. The molecular formula is C30H26F6N5O3+. The molecule has 5 rings (SSSR count). The molecule has 0 spiro atoms. The van der Waals surface area contributed by atoms with Crippen LogP contribution in [0.15, 0.2) is 66.0 Å². The van der Waals surface area contributed by atoms with Crippen molar-refractivity contribution in [1.29, 1.82) is 5.41 Å². The van der Waals surface area contributed by atoms with E-state index in [0.717, 1.165) is 23.5 Å². The molecule has 230 valence electrons. The van der Waals surface area contributed by atoms with E-state index < -0.39 is 77.2 Å². The number of aliphatic hydroxyl groups excluding tert-OH is 1. The number of rotatable bonds is 10. The van der Waals surface area contributed by atoms with E-state index in [1.54, 1.807) is 6.07 Å². The lowest BCUT2D eigenvalue weighted by Gasteiger charge is -2.22. The topological polar surface area (TPSA) is 146 Å². The number of nitrogens with one attached hydrogen (secondary N) is 2. The Kier molecular flexibility index (Phi) is 8.32. The molecule has 0 aliphatic heterocycles. The van der Waals surface area contributed by atoms with Gasteiger partial charge in [-0.3, -0.25) is 20.0 Å². The Morgan fingerprint density at radius 3 is 2.48 bits per heavy atom. The van der Waals surface area contributed by atoms with Crippen LogP contribution in [0.5, 0.6) is 0 Å². The first kappa shape index (κ1) is 30.9. The highest BCUT2D eigenvalue weighted by molar-refractivity contribution is 6.04. The smallest absolute Gasteiger partial charge is 0.382 e. The number of carbonyl (C=O) groups excluding carboxylic acids is 2. The molecule has 8 nitrogen and oxygen atoms in total. The molecule has 1 heterocycles. The van der Waals surface area contributed by atoms with Crippen LogP contribution in [0.3, 0.4) is 0 Å². The number of fused-ring (bicyclic) bond motifs is 1. The Bertz CT molecular complexity index is 1670. The highest BCUT2D eigenvalue weighted by atomic mass is 19.4. The van der Waals surface area contributed by atoms with Crippen molar-refractivity contribution < 1.29 is 46.4 Å². The van der Waals surface area contributed by atoms with Crippen LogP contribution in [-0.4, -0.2) is 46.4 Å². The van der Waals surface area contributed by atoms with Crippen molar-refractivity contribution >= 4 is 17.5 Å². The number of nitrogens with zero attached hydrogens (tertiary/aromatic N) is 1. The van der Waals surface area contributed by atoms with Gasteiger partial charge in [0.05, 0.1) is 17.3 Å². The van der Waals surface area contributed by atoms with Crippen LogP contribution in [0.2, 0.25) is 0 Å². The Morgan fingerprint density at radius 1 is 1.11 bits per heavy atom. The molecular weight excluding hydrogens is 592 g/mol. The summed E-state index contributed by atoms with van der Waals surface area (Å²) >= 11 is 0. The van der Waals surface area contributed by atoms with Crippen molar-refractivity contribution in [3.63, 3.8) is 0 Å². The molecule has 1 fully saturated rings. The maximum atomic E-state index is 14.2. The minimum absolute atomic E-state index is 0.128. The quantitative estimate of drug-likeness (QED) is 0.176. The lowest BCUT2D eigenvalue weighted by atomic mass is 9.94. The highest BCUT2D eigenvalue weighted by Crippen LogP contribution is 2.55. The van der Waals surface area contributed by atoms with Crippen molar-refractivity contribution in [1.82, 2.24) is 10.3 Å². The number of halogens is 6. The number of quaternary nitrogens is 1. The lowest BCUT2D eigenvalue weighted by Crippen LogP contribution is -2.86. The predicted octanol–water partition coefficient (Wildman–Crippen LogP) is 3.07. The van der Waals surface area contributed by atoms with E-state index in [0.29, 0.717) is 23.6 Å². The van der Waals surface area contributed by atoms with E-state index in [1.807, 2.05) is 0 Å². The summed E-state index contributed by atoms with van der Waals surface area (Å²) in [5.41, 5.74) is 3.81. The number of carbonyl (C=O) groups is 2. The van der Waals surface area contributed by atoms with Gasteiger partial charge in [-0.1, -0.05) is 12.1 Å². The van der Waals surface area contributed by atoms with Crippen molar-refractivity contribution in [2.75, 3.05) is 6.54 Å². The maximum absolute atomic E-state index is 14.2. The van der Waals surface area contributed by atoms with Crippen LogP contribution in [0.1, 0.15) is 34.1 Å². The number of amides is 2. The van der Waals surface area contributed by atoms with E-state index in [9.17, 15) is 41.0 Å². The zero-order valence-electron chi connectivity index (χ0n) is 22.8. The zero-order chi connectivity index (χ0) is 31.9. The van der Waals surface area contributed by atoms with Gasteiger partial charge in [0, 0.05) is 29.3 Å². The SMILES string of the molecule is N=C(C1=C([NH2+]CC(=O)NC(Cc2cc(F)cc(F)c2)c2ncccc2-c2ccc(F)c(C(N)=O)c2)C(O)C2CC12)C(F)(F)F. The predicted molar refractivity (Wildman–Crippen MR) is 144 cm³/mol. The second-order valence-corrected chi connectivity index (χ2v) is 10.7. The van der Waals surface area contributed by atoms with Gasteiger partial charge in [-0.05, 0) is 60.2 Å². The first-order chi connectivity index (χ1) is 20.7. The van der Waals surface area contributed by atoms with Crippen LogP contribution >= 0.6 is 0 Å². The van der Waals surface area contributed by atoms with Gasteiger partial charge in [-0.15, -0.1) is 0 Å². The Morgan fingerprint density at radius 2 is 1.82 bits per heavy atom. The number of primary amides is 1. The van der Waals surface area contributed by atoms with E-state index in [2.05, 4.69) is 10.3 Å². The summed E-state index contributed by atoms with van der Waals surface area (Å²) in [5, 5.41) is 22.0. The van der Waals surface area contributed by atoms with Gasteiger partial charge in [0.1, 0.15) is 35.0 Å². The third-order valence-corrected chi connectivity index (χ3v) is 7.71. The molecule has 2 aliphatic rings. The summed E-state index contributed by atoms with van der Waals surface area (Å²) < 4.78 is 82.3. The number of aromatic nitrogens is 1. The van der Waals surface area contributed by atoms with Crippen molar-refractivity contribution in [2.24, 2.45) is 17.6 Å². The molecule has 4 atom stereocenters. The first-order valence-corrected chi connectivity index (χ1v) is 13.4. The normalized spacial score (nSPS) is 19.8. The minimum atomic E-state index is -4.93.